The quantitative estimate of drug-likeness (QED) is 0.707. The number of hydrogen-bond acceptors (Lipinski definition) is 1. The Morgan fingerprint density at radius 1 is 1.54 bits per heavy atom. The maximum Gasteiger partial charge on any atom is 0.0838 e. The molecule has 2 unspecified atom stereocenters. The Bertz CT molecular complexity index is 227. The van der Waals surface area contributed by atoms with E-state index in [0.717, 1.165) is 12.0 Å². The molecule has 0 aromatic rings. The van der Waals surface area contributed by atoms with Crippen LogP contribution in [-0.2, 0) is 0 Å². The lowest BCUT2D eigenvalue weighted by molar-refractivity contribution is 0.0915. The highest BCUT2D eigenvalue weighted by Crippen LogP contribution is 2.36. The number of aliphatic hydroxyl groups is 1. The normalized spacial score (nSPS) is 33.2. The largest absolute Gasteiger partial charge is 0.388 e. The molecule has 1 aliphatic rings. The van der Waals surface area contributed by atoms with Crippen LogP contribution in [0.3, 0.4) is 0 Å². The van der Waals surface area contributed by atoms with Crippen molar-refractivity contribution in [3.05, 3.63) is 23.8 Å². The first-order chi connectivity index (χ1) is 6.10. The van der Waals surface area contributed by atoms with Gasteiger partial charge in [-0.25, -0.2) is 0 Å². The Balaban J connectivity index is 2.68. The van der Waals surface area contributed by atoms with Gasteiger partial charge in [0, 0.05) is 5.41 Å². The highest BCUT2D eigenvalue weighted by atomic mass is 16.3. The van der Waals surface area contributed by atoms with Crippen LogP contribution in [-0.4, -0.2) is 11.2 Å². The second-order valence-corrected chi connectivity index (χ2v) is 4.28. The minimum absolute atomic E-state index is 0.0329. The molecule has 0 aromatic carbocycles. The smallest absolute Gasteiger partial charge is 0.0838 e. The van der Waals surface area contributed by atoms with E-state index in [0.29, 0.717) is 0 Å². The van der Waals surface area contributed by atoms with Crippen LogP contribution in [0.2, 0.25) is 0 Å². The van der Waals surface area contributed by atoms with Crippen molar-refractivity contribution in [1.82, 2.24) is 0 Å². The SMILES string of the molecule is CCCCC1(C)C=CC=C(C)C1O. The summed E-state index contributed by atoms with van der Waals surface area (Å²) in [7, 11) is 0. The van der Waals surface area contributed by atoms with Crippen LogP contribution in [0.1, 0.15) is 40.0 Å². The second kappa shape index (κ2) is 4.10. The lowest BCUT2D eigenvalue weighted by Crippen LogP contribution is -2.33. The van der Waals surface area contributed by atoms with E-state index in [-0.39, 0.29) is 11.5 Å². The van der Waals surface area contributed by atoms with Crippen molar-refractivity contribution >= 4 is 0 Å². The van der Waals surface area contributed by atoms with Crippen LogP contribution in [0.25, 0.3) is 0 Å². The molecule has 0 amide bonds. The molecule has 13 heavy (non-hydrogen) atoms. The van der Waals surface area contributed by atoms with E-state index in [2.05, 4.69) is 26.0 Å². The van der Waals surface area contributed by atoms with Gasteiger partial charge in [-0.3, -0.25) is 0 Å². The molecule has 0 bridgehead atoms. The first-order valence-corrected chi connectivity index (χ1v) is 5.14. The van der Waals surface area contributed by atoms with Gasteiger partial charge in [-0.05, 0) is 18.9 Å². The average molecular weight is 180 g/mol. The maximum absolute atomic E-state index is 10.0. The fraction of sp³-hybridized carbons (Fsp3) is 0.667. The number of aliphatic hydroxyl groups excluding tert-OH is 1. The van der Waals surface area contributed by atoms with E-state index in [1.54, 1.807) is 0 Å². The molecule has 1 N–H and O–H groups in total. The van der Waals surface area contributed by atoms with Crippen molar-refractivity contribution in [2.24, 2.45) is 5.41 Å². The van der Waals surface area contributed by atoms with Crippen molar-refractivity contribution in [2.75, 3.05) is 0 Å². The Morgan fingerprint density at radius 3 is 2.85 bits per heavy atom. The molecular weight excluding hydrogens is 160 g/mol. The first kappa shape index (κ1) is 10.5. The highest BCUT2D eigenvalue weighted by molar-refractivity contribution is 5.26. The molecule has 0 radical (unpaired) electrons. The van der Waals surface area contributed by atoms with Gasteiger partial charge in [0.15, 0.2) is 0 Å². The van der Waals surface area contributed by atoms with E-state index >= 15 is 0 Å². The topological polar surface area (TPSA) is 20.2 Å². The van der Waals surface area contributed by atoms with Gasteiger partial charge in [0.25, 0.3) is 0 Å². The van der Waals surface area contributed by atoms with Crippen LogP contribution in [0.4, 0.5) is 0 Å². The van der Waals surface area contributed by atoms with Gasteiger partial charge >= 0.3 is 0 Å². The Morgan fingerprint density at radius 2 is 2.23 bits per heavy atom. The number of allylic oxidation sites excluding steroid dienone is 2. The summed E-state index contributed by atoms with van der Waals surface area (Å²) in [6.07, 6.45) is 9.37. The molecule has 0 heterocycles. The number of unbranched alkanes of at least 4 members (excludes halogenated alkanes) is 1. The van der Waals surface area contributed by atoms with E-state index in [4.69, 9.17) is 0 Å². The molecule has 0 spiro atoms. The molecule has 0 saturated heterocycles. The van der Waals surface area contributed by atoms with Crippen LogP contribution >= 0.6 is 0 Å². The summed E-state index contributed by atoms with van der Waals surface area (Å²) < 4.78 is 0. The minimum atomic E-state index is -0.288. The third-order valence-electron chi connectivity index (χ3n) is 2.96. The lowest BCUT2D eigenvalue weighted by atomic mass is 9.74. The van der Waals surface area contributed by atoms with Crippen molar-refractivity contribution in [3.63, 3.8) is 0 Å². The summed E-state index contributed by atoms with van der Waals surface area (Å²) in [4.78, 5) is 0. The van der Waals surface area contributed by atoms with Crippen molar-refractivity contribution < 1.29 is 5.11 Å². The molecule has 2 atom stereocenters. The minimum Gasteiger partial charge on any atom is -0.388 e. The predicted octanol–water partition coefficient (Wildman–Crippen LogP) is 3.06. The summed E-state index contributed by atoms with van der Waals surface area (Å²) >= 11 is 0. The zero-order valence-corrected chi connectivity index (χ0v) is 8.88. The van der Waals surface area contributed by atoms with Crippen LogP contribution in [0.15, 0.2) is 23.8 Å². The second-order valence-electron chi connectivity index (χ2n) is 4.28. The van der Waals surface area contributed by atoms with Crippen LogP contribution in [0.5, 0.6) is 0 Å². The fourth-order valence-electron chi connectivity index (χ4n) is 1.90. The molecule has 1 rings (SSSR count). The highest BCUT2D eigenvalue weighted by Gasteiger charge is 2.32. The zero-order chi connectivity index (χ0) is 9.90. The molecule has 74 valence electrons. The Labute approximate surface area is 81.2 Å². The monoisotopic (exact) mass is 180 g/mol. The molecular formula is C12H20O. The molecule has 1 nitrogen and oxygen atoms in total. The summed E-state index contributed by atoms with van der Waals surface area (Å²) in [5, 5.41) is 10.0. The van der Waals surface area contributed by atoms with Gasteiger partial charge in [0.1, 0.15) is 0 Å². The third kappa shape index (κ3) is 2.22. The van der Waals surface area contributed by atoms with Crippen LogP contribution in [0, 0.1) is 5.41 Å². The summed E-state index contributed by atoms with van der Waals surface area (Å²) in [6.45, 7) is 6.32. The number of rotatable bonds is 3. The predicted molar refractivity (Wildman–Crippen MR) is 56.5 cm³/mol. The van der Waals surface area contributed by atoms with Gasteiger partial charge in [0.05, 0.1) is 6.10 Å². The first-order valence-electron chi connectivity index (χ1n) is 5.14. The zero-order valence-electron chi connectivity index (χ0n) is 8.88. The molecule has 1 heteroatoms. The van der Waals surface area contributed by atoms with E-state index in [1.807, 2.05) is 13.0 Å². The Kier molecular flexibility index (Phi) is 3.32. The molecule has 0 aliphatic heterocycles. The number of hydrogen-bond donors (Lipinski definition) is 1. The molecule has 0 fully saturated rings. The molecule has 1 aliphatic carbocycles. The maximum atomic E-state index is 10.0. The van der Waals surface area contributed by atoms with Crippen LogP contribution < -0.4 is 0 Å². The van der Waals surface area contributed by atoms with Gasteiger partial charge < -0.3 is 5.11 Å². The van der Waals surface area contributed by atoms with Crippen molar-refractivity contribution in [2.45, 2.75) is 46.1 Å². The summed E-state index contributed by atoms with van der Waals surface area (Å²) in [5.41, 5.74) is 1.05. The van der Waals surface area contributed by atoms with E-state index < -0.39 is 0 Å². The molecule has 0 saturated carbocycles. The summed E-state index contributed by atoms with van der Waals surface area (Å²) in [6, 6.07) is 0. The van der Waals surface area contributed by atoms with Gasteiger partial charge in [-0.1, -0.05) is 44.9 Å². The van der Waals surface area contributed by atoms with E-state index in [1.165, 1.54) is 12.8 Å². The summed E-state index contributed by atoms with van der Waals surface area (Å²) in [5.74, 6) is 0. The van der Waals surface area contributed by atoms with Gasteiger partial charge in [-0.15, -0.1) is 0 Å². The van der Waals surface area contributed by atoms with Gasteiger partial charge in [-0.2, -0.15) is 0 Å². The fourth-order valence-corrected chi connectivity index (χ4v) is 1.90. The van der Waals surface area contributed by atoms with Crippen molar-refractivity contribution in [1.29, 1.82) is 0 Å². The van der Waals surface area contributed by atoms with Crippen molar-refractivity contribution in [3.8, 4) is 0 Å². The third-order valence-corrected chi connectivity index (χ3v) is 2.96. The van der Waals surface area contributed by atoms with E-state index in [9.17, 15) is 5.11 Å². The standard InChI is InChI=1S/C12H20O/c1-4-5-8-12(3)9-6-7-10(2)11(12)13/h6-7,9,11,13H,4-5,8H2,1-3H3. The molecule has 0 aromatic heterocycles. The lowest BCUT2D eigenvalue weighted by Gasteiger charge is -2.34. The average Bonchev–Trinajstić information content (AvgIpc) is 2.11. The Hall–Kier alpha value is -0.560. The van der Waals surface area contributed by atoms with Gasteiger partial charge in [0.2, 0.25) is 0 Å².